The number of carbonyl (C=O) groups is 1. The summed E-state index contributed by atoms with van der Waals surface area (Å²) >= 11 is 0. The minimum Gasteiger partial charge on any atom is -0.493 e. The second-order valence-corrected chi connectivity index (χ2v) is 6.02. The SMILES string of the molecule is COCCOCC(=O)N1CCC[C@H](COc2ccc(C)cc2)C1. The summed E-state index contributed by atoms with van der Waals surface area (Å²) in [5.74, 6) is 1.33. The van der Waals surface area contributed by atoms with Crippen molar-refractivity contribution in [1.82, 2.24) is 4.90 Å². The number of hydrogen-bond acceptors (Lipinski definition) is 4. The molecule has 0 spiro atoms. The van der Waals surface area contributed by atoms with Crippen LogP contribution in [0.2, 0.25) is 0 Å². The summed E-state index contributed by atoms with van der Waals surface area (Å²) in [6, 6.07) is 8.07. The Morgan fingerprint density at radius 3 is 2.78 bits per heavy atom. The monoisotopic (exact) mass is 321 g/mol. The van der Waals surface area contributed by atoms with Crippen molar-refractivity contribution < 1.29 is 19.0 Å². The van der Waals surface area contributed by atoms with Gasteiger partial charge in [-0.05, 0) is 31.9 Å². The molecule has 0 unspecified atom stereocenters. The Morgan fingerprint density at radius 1 is 1.26 bits per heavy atom. The van der Waals surface area contributed by atoms with Crippen molar-refractivity contribution in [2.24, 2.45) is 5.92 Å². The highest BCUT2D eigenvalue weighted by Crippen LogP contribution is 2.19. The molecule has 128 valence electrons. The van der Waals surface area contributed by atoms with Crippen LogP contribution in [-0.2, 0) is 14.3 Å². The van der Waals surface area contributed by atoms with Crippen LogP contribution in [-0.4, -0.2) is 57.4 Å². The van der Waals surface area contributed by atoms with E-state index >= 15 is 0 Å². The predicted octanol–water partition coefficient (Wildman–Crippen LogP) is 2.28. The van der Waals surface area contributed by atoms with Crippen molar-refractivity contribution in [2.75, 3.05) is 46.6 Å². The van der Waals surface area contributed by atoms with E-state index in [0.717, 1.165) is 31.7 Å². The van der Waals surface area contributed by atoms with Gasteiger partial charge in [-0.1, -0.05) is 17.7 Å². The van der Waals surface area contributed by atoms with Crippen molar-refractivity contribution in [3.63, 3.8) is 0 Å². The Bertz CT molecular complexity index is 474. The van der Waals surface area contributed by atoms with Gasteiger partial charge in [0.2, 0.25) is 5.91 Å². The molecule has 5 heteroatoms. The van der Waals surface area contributed by atoms with Gasteiger partial charge >= 0.3 is 0 Å². The van der Waals surface area contributed by atoms with Gasteiger partial charge in [0.25, 0.3) is 0 Å². The third-order valence-electron chi connectivity index (χ3n) is 4.04. The number of likely N-dealkylation sites (tertiary alicyclic amines) is 1. The van der Waals surface area contributed by atoms with E-state index in [4.69, 9.17) is 14.2 Å². The zero-order valence-corrected chi connectivity index (χ0v) is 14.1. The Labute approximate surface area is 138 Å². The maximum Gasteiger partial charge on any atom is 0.248 e. The number of carbonyl (C=O) groups excluding carboxylic acids is 1. The molecule has 0 aromatic heterocycles. The first-order chi connectivity index (χ1) is 11.2. The molecule has 23 heavy (non-hydrogen) atoms. The van der Waals surface area contributed by atoms with Gasteiger partial charge in [-0.2, -0.15) is 0 Å². The van der Waals surface area contributed by atoms with Gasteiger partial charge in [0.05, 0.1) is 19.8 Å². The molecule has 0 saturated carbocycles. The van der Waals surface area contributed by atoms with Gasteiger partial charge in [0.1, 0.15) is 12.4 Å². The molecule has 0 N–H and O–H groups in total. The second kappa shape index (κ2) is 9.53. The summed E-state index contributed by atoms with van der Waals surface area (Å²) in [6.45, 7) is 5.37. The summed E-state index contributed by atoms with van der Waals surface area (Å²) in [6.07, 6.45) is 2.12. The lowest BCUT2D eigenvalue weighted by atomic mass is 9.99. The third kappa shape index (κ3) is 6.20. The van der Waals surface area contributed by atoms with E-state index in [-0.39, 0.29) is 12.5 Å². The van der Waals surface area contributed by atoms with Gasteiger partial charge in [-0.15, -0.1) is 0 Å². The van der Waals surface area contributed by atoms with Crippen LogP contribution in [0.25, 0.3) is 0 Å². The second-order valence-electron chi connectivity index (χ2n) is 6.02. The quantitative estimate of drug-likeness (QED) is 0.689. The number of rotatable bonds is 8. The maximum absolute atomic E-state index is 12.1. The number of aryl methyl sites for hydroxylation is 1. The summed E-state index contributed by atoms with van der Waals surface area (Å²) < 4.78 is 16.1. The van der Waals surface area contributed by atoms with Crippen molar-refractivity contribution in [3.05, 3.63) is 29.8 Å². The summed E-state index contributed by atoms with van der Waals surface area (Å²) in [5.41, 5.74) is 1.22. The first-order valence-corrected chi connectivity index (χ1v) is 8.23. The average Bonchev–Trinajstić information content (AvgIpc) is 2.58. The Hall–Kier alpha value is -1.59. The maximum atomic E-state index is 12.1. The minimum atomic E-state index is 0.0566. The number of amides is 1. The van der Waals surface area contributed by atoms with E-state index in [1.165, 1.54) is 5.56 Å². The number of methoxy groups -OCH3 is 1. The standard InChI is InChI=1S/C18H27NO4/c1-15-5-7-17(8-6-15)23-13-16-4-3-9-19(12-16)18(20)14-22-11-10-21-2/h5-8,16H,3-4,9-14H2,1-2H3/t16-/m0/s1. The molecular formula is C18H27NO4. The Balaban J connectivity index is 1.72. The molecule has 1 aliphatic heterocycles. The van der Waals surface area contributed by atoms with Gasteiger partial charge < -0.3 is 19.1 Å². The van der Waals surface area contributed by atoms with Crippen LogP contribution < -0.4 is 4.74 Å². The predicted molar refractivity (Wildman–Crippen MR) is 88.7 cm³/mol. The average molecular weight is 321 g/mol. The molecule has 1 aromatic carbocycles. The summed E-state index contributed by atoms with van der Waals surface area (Å²) in [5, 5.41) is 0. The van der Waals surface area contributed by atoms with Gasteiger partial charge in [0.15, 0.2) is 0 Å². The van der Waals surface area contributed by atoms with Crippen molar-refractivity contribution >= 4 is 5.91 Å². The van der Waals surface area contributed by atoms with E-state index < -0.39 is 0 Å². The largest absolute Gasteiger partial charge is 0.493 e. The van der Waals surface area contributed by atoms with Crippen LogP contribution in [0.1, 0.15) is 18.4 Å². The lowest BCUT2D eigenvalue weighted by molar-refractivity contribution is -0.138. The fraction of sp³-hybridized carbons (Fsp3) is 0.611. The van der Waals surface area contributed by atoms with E-state index in [0.29, 0.717) is 25.7 Å². The zero-order chi connectivity index (χ0) is 16.5. The van der Waals surface area contributed by atoms with E-state index in [2.05, 4.69) is 6.92 Å². The first-order valence-electron chi connectivity index (χ1n) is 8.23. The molecule has 0 radical (unpaired) electrons. The normalized spacial score (nSPS) is 18.0. The molecule has 1 aromatic rings. The molecule has 1 aliphatic rings. The molecule has 5 nitrogen and oxygen atoms in total. The van der Waals surface area contributed by atoms with Crippen LogP contribution in [0.3, 0.4) is 0 Å². The van der Waals surface area contributed by atoms with Crippen molar-refractivity contribution in [3.8, 4) is 5.75 Å². The van der Waals surface area contributed by atoms with Crippen LogP contribution >= 0.6 is 0 Å². The van der Waals surface area contributed by atoms with Crippen LogP contribution in [0.5, 0.6) is 5.75 Å². The van der Waals surface area contributed by atoms with E-state index in [1.807, 2.05) is 29.2 Å². The summed E-state index contributed by atoms with van der Waals surface area (Å²) in [4.78, 5) is 14.0. The van der Waals surface area contributed by atoms with Crippen molar-refractivity contribution in [2.45, 2.75) is 19.8 Å². The fourth-order valence-corrected chi connectivity index (χ4v) is 2.67. The van der Waals surface area contributed by atoms with E-state index in [1.54, 1.807) is 7.11 Å². The minimum absolute atomic E-state index is 0.0566. The highest BCUT2D eigenvalue weighted by molar-refractivity contribution is 5.77. The highest BCUT2D eigenvalue weighted by Gasteiger charge is 2.24. The number of nitrogens with zero attached hydrogens (tertiary/aromatic N) is 1. The zero-order valence-electron chi connectivity index (χ0n) is 14.1. The molecule has 0 bridgehead atoms. The molecule has 0 aliphatic carbocycles. The molecule has 1 fully saturated rings. The van der Waals surface area contributed by atoms with Crippen LogP contribution in [0, 0.1) is 12.8 Å². The number of hydrogen-bond donors (Lipinski definition) is 0. The molecule has 1 heterocycles. The number of benzene rings is 1. The van der Waals surface area contributed by atoms with Crippen LogP contribution in [0.15, 0.2) is 24.3 Å². The number of piperidine rings is 1. The van der Waals surface area contributed by atoms with Crippen molar-refractivity contribution in [1.29, 1.82) is 0 Å². The highest BCUT2D eigenvalue weighted by atomic mass is 16.5. The van der Waals surface area contributed by atoms with Crippen LogP contribution in [0.4, 0.5) is 0 Å². The fourth-order valence-electron chi connectivity index (χ4n) is 2.67. The molecule has 2 rings (SSSR count). The first kappa shape index (κ1) is 17.8. The van der Waals surface area contributed by atoms with E-state index in [9.17, 15) is 4.79 Å². The van der Waals surface area contributed by atoms with Gasteiger partial charge in [-0.3, -0.25) is 4.79 Å². The lowest BCUT2D eigenvalue weighted by Gasteiger charge is -2.32. The molecular weight excluding hydrogens is 294 g/mol. The Morgan fingerprint density at radius 2 is 2.04 bits per heavy atom. The molecule has 1 saturated heterocycles. The Kier molecular flexibility index (Phi) is 7.36. The van der Waals surface area contributed by atoms with Gasteiger partial charge in [-0.25, -0.2) is 0 Å². The molecule has 1 amide bonds. The number of ether oxygens (including phenoxy) is 3. The lowest BCUT2D eigenvalue weighted by Crippen LogP contribution is -2.43. The topological polar surface area (TPSA) is 48.0 Å². The smallest absolute Gasteiger partial charge is 0.248 e. The molecule has 1 atom stereocenters. The summed E-state index contributed by atoms with van der Waals surface area (Å²) in [7, 11) is 1.62. The third-order valence-corrected chi connectivity index (χ3v) is 4.04. The van der Waals surface area contributed by atoms with Gasteiger partial charge in [0, 0.05) is 26.1 Å².